The van der Waals surface area contributed by atoms with Crippen molar-refractivity contribution in [1.82, 2.24) is 5.32 Å². The molecule has 0 amide bonds. The predicted octanol–water partition coefficient (Wildman–Crippen LogP) is 4.05. The van der Waals surface area contributed by atoms with Crippen molar-refractivity contribution < 1.29 is 18.0 Å². The second-order valence-corrected chi connectivity index (χ2v) is 5.99. The number of alkyl halides is 3. The monoisotopic (exact) mass is 332 g/mol. The first kappa shape index (κ1) is 16.3. The maximum Gasteiger partial charge on any atom is 0.416 e. The van der Waals surface area contributed by atoms with Crippen molar-refractivity contribution >= 4 is 5.78 Å². The third-order valence-electron chi connectivity index (χ3n) is 4.53. The number of hydrogen-bond donors (Lipinski definition) is 1. The summed E-state index contributed by atoms with van der Waals surface area (Å²) in [4.78, 5) is 12.4. The van der Waals surface area contributed by atoms with Crippen molar-refractivity contribution in [3.8, 4) is 6.07 Å². The van der Waals surface area contributed by atoms with Gasteiger partial charge in [0.25, 0.3) is 0 Å². The van der Waals surface area contributed by atoms with Gasteiger partial charge < -0.3 is 5.32 Å². The molecule has 3 nitrogen and oxygen atoms in total. The molecule has 24 heavy (non-hydrogen) atoms. The fourth-order valence-corrected chi connectivity index (χ4v) is 3.51. The summed E-state index contributed by atoms with van der Waals surface area (Å²) in [5.41, 5.74) is 0.395. The maximum absolute atomic E-state index is 13.4. The summed E-state index contributed by atoms with van der Waals surface area (Å²) in [6, 6.07) is 7.16. The van der Waals surface area contributed by atoms with Crippen LogP contribution in [-0.4, -0.2) is 5.78 Å². The quantitative estimate of drug-likeness (QED) is 0.844. The Balaban J connectivity index is 2.25. The molecule has 0 bridgehead atoms. The Labute approximate surface area is 137 Å². The number of carbonyl (C=O) groups excluding carboxylic acids is 1. The van der Waals surface area contributed by atoms with Crippen molar-refractivity contribution in [1.29, 1.82) is 5.26 Å². The van der Waals surface area contributed by atoms with E-state index >= 15 is 0 Å². The summed E-state index contributed by atoms with van der Waals surface area (Å²) in [6.45, 7) is 3.79. The average molecular weight is 332 g/mol. The number of hydrogen-bond acceptors (Lipinski definition) is 3. The number of nitrogens with one attached hydrogen (secondary N) is 1. The van der Waals surface area contributed by atoms with Crippen LogP contribution >= 0.6 is 0 Å². The SMILES string of the molecule is C=C1NC2=C(C(=O)CCC2)C(c2ccccc2C(F)(F)F)C1C#N. The molecule has 2 unspecified atom stereocenters. The lowest BCUT2D eigenvalue weighted by Gasteiger charge is -2.37. The molecule has 2 aliphatic rings. The number of benzene rings is 1. The molecule has 1 aromatic rings. The van der Waals surface area contributed by atoms with Crippen molar-refractivity contribution in [2.45, 2.75) is 31.4 Å². The van der Waals surface area contributed by atoms with E-state index in [-0.39, 0.29) is 17.8 Å². The summed E-state index contributed by atoms with van der Waals surface area (Å²) >= 11 is 0. The molecular weight excluding hydrogens is 317 g/mol. The third-order valence-corrected chi connectivity index (χ3v) is 4.53. The predicted molar refractivity (Wildman–Crippen MR) is 81.4 cm³/mol. The van der Waals surface area contributed by atoms with Gasteiger partial charge in [-0.05, 0) is 24.5 Å². The highest BCUT2D eigenvalue weighted by atomic mass is 19.4. The number of carbonyl (C=O) groups is 1. The Kier molecular flexibility index (Phi) is 3.96. The molecular formula is C18H15F3N2O. The highest BCUT2D eigenvalue weighted by Gasteiger charge is 2.44. The Bertz CT molecular complexity index is 786. The first-order valence-electron chi connectivity index (χ1n) is 7.62. The highest BCUT2D eigenvalue weighted by molar-refractivity contribution is 5.99. The number of nitriles is 1. The standard InChI is InChI=1S/C18H15F3N2O/c1-10-12(9-22)16(17-14(23-10)7-4-8-15(17)24)11-5-2-3-6-13(11)18(19,20)21/h2-3,5-6,12,16,23H,1,4,7-8H2. The van der Waals surface area contributed by atoms with Gasteiger partial charge in [0.1, 0.15) is 0 Å². The zero-order chi connectivity index (χ0) is 17.5. The van der Waals surface area contributed by atoms with Crippen molar-refractivity contribution in [2.75, 3.05) is 0 Å². The van der Waals surface area contributed by atoms with E-state index in [0.29, 0.717) is 29.8 Å². The van der Waals surface area contributed by atoms with Crippen LogP contribution in [0, 0.1) is 17.2 Å². The van der Waals surface area contributed by atoms with E-state index in [0.717, 1.165) is 6.07 Å². The van der Waals surface area contributed by atoms with Gasteiger partial charge >= 0.3 is 6.18 Å². The van der Waals surface area contributed by atoms with Crippen LogP contribution in [0.3, 0.4) is 0 Å². The van der Waals surface area contributed by atoms with Crippen LogP contribution in [0.15, 0.2) is 47.8 Å². The Hall–Kier alpha value is -2.55. The normalized spacial score (nSPS) is 24.2. The molecule has 1 N–H and O–H groups in total. The van der Waals surface area contributed by atoms with E-state index in [1.54, 1.807) is 0 Å². The van der Waals surface area contributed by atoms with Gasteiger partial charge in [0.15, 0.2) is 5.78 Å². The lowest BCUT2D eigenvalue weighted by atomic mass is 9.71. The number of rotatable bonds is 1. The van der Waals surface area contributed by atoms with Crippen LogP contribution in [0.2, 0.25) is 0 Å². The number of halogens is 3. The maximum atomic E-state index is 13.4. The van der Waals surface area contributed by atoms with Gasteiger partial charge in [-0.2, -0.15) is 18.4 Å². The van der Waals surface area contributed by atoms with Gasteiger partial charge in [-0.15, -0.1) is 0 Å². The van der Waals surface area contributed by atoms with Gasteiger partial charge in [0.05, 0.1) is 17.6 Å². The first-order chi connectivity index (χ1) is 11.3. The van der Waals surface area contributed by atoms with Gasteiger partial charge in [0, 0.05) is 29.3 Å². The van der Waals surface area contributed by atoms with Crippen LogP contribution in [0.1, 0.15) is 36.3 Å². The van der Waals surface area contributed by atoms with Gasteiger partial charge in [0.2, 0.25) is 0 Å². The van der Waals surface area contributed by atoms with E-state index in [1.165, 1.54) is 18.2 Å². The number of ketones is 1. The van der Waals surface area contributed by atoms with E-state index in [2.05, 4.69) is 11.9 Å². The molecule has 0 saturated carbocycles. The molecule has 1 aliphatic heterocycles. The molecule has 124 valence electrons. The lowest BCUT2D eigenvalue weighted by Crippen LogP contribution is -2.37. The van der Waals surface area contributed by atoms with Crippen LogP contribution < -0.4 is 5.32 Å². The smallest absolute Gasteiger partial charge is 0.361 e. The van der Waals surface area contributed by atoms with Crippen molar-refractivity contribution in [3.05, 3.63) is 58.9 Å². The zero-order valence-electron chi connectivity index (χ0n) is 12.8. The molecule has 2 atom stereocenters. The average Bonchev–Trinajstić information content (AvgIpc) is 2.53. The minimum absolute atomic E-state index is 0.0399. The van der Waals surface area contributed by atoms with Crippen LogP contribution in [0.25, 0.3) is 0 Å². The van der Waals surface area contributed by atoms with Crippen LogP contribution in [0.5, 0.6) is 0 Å². The van der Waals surface area contributed by atoms with Crippen LogP contribution in [0.4, 0.5) is 13.2 Å². The lowest BCUT2D eigenvalue weighted by molar-refractivity contribution is -0.138. The number of Topliss-reactive ketones (excluding diaryl/α,β-unsaturated/α-hetero) is 1. The molecule has 0 aromatic heterocycles. The summed E-state index contributed by atoms with van der Waals surface area (Å²) in [5, 5.41) is 12.5. The van der Waals surface area contributed by atoms with Crippen LogP contribution in [-0.2, 0) is 11.0 Å². The minimum atomic E-state index is -4.55. The van der Waals surface area contributed by atoms with E-state index in [1.807, 2.05) is 6.07 Å². The van der Waals surface area contributed by atoms with E-state index in [4.69, 9.17) is 0 Å². The molecule has 1 aromatic carbocycles. The van der Waals surface area contributed by atoms with Crippen molar-refractivity contribution in [3.63, 3.8) is 0 Å². The summed E-state index contributed by atoms with van der Waals surface area (Å²) in [7, 11) is 0. The minimum Gasteiger partial charge on any atom is -0.361 e. The summed E-state index contributed by atoms with van der Waals surface area (Å²) < 4.78 is 40.3. The van der Waals surface area contributed by atoms with Gasteiger partial charge in [-0.1, -0.05) is 24.8 Å². The Morgan fingerprint density at radius 1 is 1.25 bits per heavy atom. The molecule has 0 radical (unpaired) electrons. The van der Waals surface area contributed by atoms with Crippen molar-refractivity contribution in [2.24, 2.45) is 5.92 Å². The Morgan fingerprint density at radius 2 is 1.96 bits per heavy atom. The molecule has 3 rings (SSSR count). The molecule has 1 heterocycles. The van der Waals surface area contributed by atoms with Gasteiger partial charge in [-0.3, -0.25) is 4.79 Å². The number of nitrogens with zero attached hydrogens (tertiary/aromatic N) is 1. The van der Waals surface area contributed by atoms with E-state index < -0.39 is 23.6 Å². The molecule has 0 fully saturated rings. The molecule has 0 spiro atoms. The highest BCUT2D eigenvalue weighted by Crippen LogP contribution is 2.47. The van der Waals surface area contributed by atoms with Gasteiger partial charge in [-0.25, -0.2) is 0 Å². The second kappa shape index (κ2) is 5.82. The number of allylic oxidation sites excluding steroid dienone is 3. The molecule has 6 heteroatoms. The molecule has 1 aliphatic carbocycles. The van der Waals surface area contributed by atoms with E-state index in [9.17, 15) is 23.2 Å². The topological polar surface area (TPSA) is 52.9 Å². The largest absolute Gasteiger partial charge is 0.416 e. The fourth-order valence-electron chi connectivity index (χ4n) is 3.51. The zero-order valence-corrected chi connectivity index (χ0v) is 12.8. The Morgan fingerprint density at radius 3 is 2.62 bits per heavy atom. The third kappa shape index (κ3) is 2.60. The second-order valence-electron chi connectivity index (χ2n) is 5.99. The summed E-state index contributed by atoms with van der Waals surface area (Å²) in [5.74, 6) is -2.06. The first-order valence-corrected chi connectivity index (χ1v) is 7.62. The summed E-state index contributed by atoms with van der Waals surface area (Å²) in [6.07, 6.45) is -3.05. The molecule has 0 saturated heterocycles. The fraction of sp³-hybridized carbons (Fsp3) is 0.333.